The van der Waals surface area contributed by atoms with Gasteiger partial charge in [0.05, 0.1) is 22.5 Å². The van der Waals surface area contributed by atoms with E-state index in [-0.39, 0.29) is 10.3 Å². The van der Waals surface area contributed by atoms with Gasteiger partial charge in [0.2, 0.25) is 0 Å². The first-order valence-corrected chi connectivity index (χ1v) is 10.4. The Morgan fingerprint density at radius 3 is 2.04 bits per heavy atom. The molecule has 0 radical (unpaired) electrons. The highest BCUT2D eigenvalue weighted by atomic mass is 31.1. The second kappa shape index (κ2) is 6.96. The summed E-state index contributed by atoms with van der Waals surface area (Å²) in [6.07, 6.45) is 0. The number of aromatic amines is 1. The van der Waals surface area contributed by atoms with Gasteiger partial charge in [-0.05, 0) is 36.4 Å². The Morgan fingerprint density at radius 2 is 1.42 bits per heavy atom. The SMILES string of the molecule is CC(C)(C)P(c1cccc(-c2cc(-c3ccccc3)n[nH]2)n1)C(C)(C)C. The lowest BCUT2D eigenvalue weighted by atomic mass is 10.1. The molecule has 0 spiro atoms. The molecule has 0 bridgehead atoms. The standard InChI is InChI=1S/C22H28N3P/c1-21(2,3)26(22(4,5)6)20-14-10-13-17(23-20)19-15-18(24-25-19)16-11-8-7-9-12-16/h7-15H,1-6H3,(H,24,25). The average molecular weight is 365 g/mol. The molecule has 4 heteroatoms. The highest BCUT2D eigenvalue weighted by Crippen LogP contribution is 2.57. The van der Waals surface area contributed by atoms with Gasteiger partial charge >= 0.3 is 0 Å². The van der Waals surface area contributed by atoms with E-state index < -0.39 is 7.92 Å². The number of pyridine rings is 1. The maximum Gasteiger partial charge on any atom is 0.0927 e. The second-order valence-electron chi connectivity index (χ2n) is 8.59. The first kappa shape index (κ1) is 18.8. The predicted molar refractivity (Wildman–Crippen MR) is 113 cm³/mol. The number of hydrogen-bond acceptors (Lipinski definition) is 2. The van der Waals surface area contributed by atoms with Crippen LogP contribution in [-0.2, 0) is 0 Å². The minimum atomic E-state index is -0.427. The number of benzene rings is 1. The Bertz CT molecular complexity index is 856. The van der Waals surface area contributed by atoms with Crippen LogP contribution in [0.4, 0.5) is 0 Å². The Morgan fingerprint density at radius 1 is 0.769 bits per heavy atom. The highest BCUT2D eigenvalue weighted by molar-refractivity contribution is 7.68. The Hall–Kier alpha value is -1.99. The molecule has 2 aromatic heterocycles. The summed E-state index contributed by atoms with van der Waals surface area (Å²) in [7, 11) is -0.427. The molecule has 0 aliphatic heterocycles. The predicted octanol–water partition coefficient (Wildman–Crippen LogP) is 5.84. The smallest absolute Gasteiger partial charge is 0.0927 e. The van der Waals surface area contributed by atoms with E-state index in [9.17, 15) is 0 Å². The van der Waals surface area contributed by atoms with Crippen LogP contribution in [0.2, 0.25) is 0 Å². The quantitative estimate of drug-likeness (QED) is 0.592. The number of rotatable bonds is 3. The Labute approximate surface area is 158 Å². The maximum atomic E-state index is 5.04. The molecular weight excluding hydrogens is 337 g/mol. The average Bonchev–Trinajstić information content (AvgIpc) is 3.03. The van der Waals surface area contributed by atoms with Crippen molar-refractivity contribution in [2.24, 2.45) is 0 Å². The van der Waals surface area contributed by atoms with Crippen LogP contribution in [0, 0.1) is 0 Å². The summed E-state index contributed by atoms with van der Waals surface area (Å²) >= 11 is 0. The van der Waals surface area contributed by atoms with Gasteiger partial charge < -0.3 is 0 Å². The minimum absolute atomic E-state index is 0.197. The second-order valence-corrected chi connectivity index (χ2v) is 12.4. The zero-order valence-corrected chi connectivity index (χ0v) is 17.4. The molecule has 26 heavy (non-hydrogen) atoms. The summed E-state index contributed by atoms with van der Waals surface area (Å²) in [6, 6.07) is 18.7. The number of nitrogens with one attached hydrogen (secondary N) is 1. The first-order valence-electron chi connectivity index (χ1n) is 9.05. The molecule has 3 nitrogen and oxygen atoms in total. The highest BCUT2D eigenvalue weighted by Gasteiger charge is 2.36. The summed E-state index contributed by atoms with van der Waals surface area (Å²) in [5.74, 6) is 0. The van der Waals surface area contributed by atoms with E-state index >= 15 is 0 Å². The zero-order chi connectivity index (χ0) is 18.9. The number of nitrogens with zero attached hydrogens (tertiary/aromatic N) is 2. The topological polar surface area (TPSA) is 41.6 Å². The van der Waals surface area contributed by atoms with Crippen molar-refractivity contribution in [2.75, 3.05) is 0 Å². The summed E-state index contributed by atoms with van der Waals surface area (Å²) in [5, 5.41) is 8.03. The first-order chi connectivity index (χ1) is 12.2. The van der Waals surface area contributed by atoms with E-state index in [1.807, 2.05) is 18.2 Å². The third-order valence-electron chi connectivity index (χ3n) is 4.23. The van der Waals surface area contributed by atoms with Gasteiger partial charge in [-0.3, -0.25) is 5.10 Å². The van der Waals surface area contributed by atoms with Crippen LogP contribution in [0.1, 0.15) is 41.5 Å². The molecule has 0 aliphatic rings. The number of H-pyrrole nitrogens is 1. The summed E-state index contributed by atoms with van der Waals surface area (Å²) in [6.45, 7) is 13.9. The zero-order valence-electron chi connectivity index (χ0n) is 16.5. The van der Waals surface area contributed by atoms with Gasteiger partial charge in [-0.1, -0.05) is 77.9 Å². The van der Waals surface area contributed by atoms with Crippen molar-refractivity contribution in [3.63, 3.8) is 0 Å². The van der Waals surface area contributed by atoms with Crippen molar-refractivity contribution in [2.45, 2.75) is 51.9 Å². The van der Waals surface area contributed by atoms with E-state index in [1.54, 1.807) is 0 Å². The van der Waals surface area contributed by atoms with Gasteiger partial charge in [-0.2, -0.15) is 5.10 Å². The molecule has 0 fully saturated rings. The van der Waals surface area contributed by atoms with Gasteiger partial charge in [0, 0.05) is 5.56 Å². The van der Waals surface area contributed by atoms with Crippen molar-refractivity contribution in [3.8, 4) is 22.6 Å². The molecular formula is C22H28N3P. The number of hydrogen-bond donors (Lipinski definition) is 1. The Balaban J connectivity index is 1.99. The molecule has 0 saturated heterocycles. The molecule has 0 unspecified atom stereocenters. The fraction of sp³-hybridized carbons (Fsp3) is 0.364. The van der Waals surface area contributed by atoms with E-state index in [4.69, 9.17) is 4.98 Å². The number of aromatic nitrogens is 3. The molecule has 0 amide bonds. The summed E-state index contributed by atoms with van der Waals surface area (Å²) < 4.78 is 0. The monoisotopic (exact) mass is 365 g/mol. The lowest BCUT2D eigenvalue weighted by Gasteiger charge is -2.40. The molecule has 3 rings (SSSR count). The molecule has 136 valence electrons. The fourth-order valence-electron chi connectivity index (χ4n) is 3.60. The maximum absolute atomic E-state index is 5.04. The molecule has 0 saturated carbocycles. The van der Waals surface area contributed by atoms with Crippen LogP contribution in [0.15, 0.2) is 54.6 Å². The van der Waals surface area contributed by atoms with Crippen LogP contribution in [0.5, 0.6) is 0 Å². The van der Waals surface area contributed by atoms with Gasteiger partial charge in [0.15, 0.2) is 0 Å². The van der Waals surface area contributed by atoms with E-state index in [1.165, 1.54) is 5.44 Å². The van der Waals surface area contributed by atoms with Crippen LogP contribution in [-0.4, -0.2) is 25.5 Å². The molecule has 0 atom stereocenters. The Kier molecular flexibility index (Phi) is 5.03. The molecule has 1 N–H and O–H groups in total. The largest absolute Gasteiger partial charge is 0.276 e. The normalized spacial score (nSPS) is 12.6. The third kappa shape index (κ3) is 4.04. The minimum Gasteiger partial charge on any atom is -0.276 e. The van der Waals surface area contributed by atoms with Crippen molar-refractivity contribution in [1.29, 1.82) is 0 Å². The van der Waals surface area contributed by atoms with E-state index in [0.29, 0.717) is 0 Å². The van der Waals surface area contributed by atoms with Crippen LogP contribution >= 0.6 is 7.92 Å². The van der Waals surface area contributed by atoms with Crippen LogP contribution in [0.25, 0.3) is 22.6 Å². The van der Waals surface area contributed by atoms with E-state index in [2.05, 4.69) is 88.1 Å². The van der Waals surface area contributed by atoms with Gasteiger partial charge in [0.25, 0.3) is 0 Å². The fourth-order valence-corrected chi connectivity index (χ4v) is 7.43. The van der Waals surface area contributed by atoms with Gasteiger partial charge in [-0.15, -0.1) is 0 Å². The van der Waals surface area contributed by atoms with Crippen LogP contribution in [0.3, 0.4) is 0 Å². The molecule has 1 aromatic carbocycles. The lowest BCUT2D eigenvalue weighted by molar-refractivity contribution is 0.713. The lowest BCUT2D eigenvalue weighted by Crippen LogP contribution is -2.32. The van der Waals surface area contributed by atoms with Crippen LogP contribution < -0.4 is 5.44 Å². The van der Waals surface area contributed by atoms with Crippen molar-refractivity contribution in [3.05, 3.63) is 54.6 Å². The molecule has 3 aromatic rings. The summed E-state index contributed by atoms with van der Waals surface area (Å²) in [5.41, 5.74) is 5.18. The van der Waals surface area contributed by atoms with E-state index in [0.717, 1.165) is 22.6 Å². The summed E-state index contributed by atoms with van der Waals surface area (Å²) in [4.78, 5) is 5.04. The molecule has 2 heterocycles. The van der Waals surface area contributed by atoms with Gasteiger partial charge in [0.1, 0.15) is 0 Å². The van der Waals surface area contributed by atoms with Crippen molar-refractivity contribution in [1.82, 2.24) is 15.2 Å². The third-order valence-corrected chi connectivity index (χ3v) is 7.62. The van der Waals surface area contributed by atoms with Crippen molar-refractivity contribution < 1.29 is 0 Å². The van der Waals surface area contributed by atoms with Crippen molar-refractivity contribution >= 4 is 13.4 Å². The van der Waals surface area contributed by atoms with Gasteiger partial charge in [-0.25, -0.2) is 4.98 Å². The molecule has 0 aliphatic carbocycles.